The Labute approximate surface area is 92.2 Å². The monoisotopic (exact) mass is 226 g/mol. The van der Waals surface area contributed by atoms with Gasteiger partial charge in [0.2, 0.25) is 0 Å². The zero-order valence-corrected chi connectivity index (χ0v) is 8.93. The van der Waals surface area contributed by atoms with Crippen LogP contribution in [0.2, 0.25) is 0 Å². The van der Waals surface area contributed by atoms with Crippen molar-refractivity contribution >= 4 is 6.29 Å². The summed E-state index contributed by atoms with van der Waals surface area (Å²) < 4.78 is 32.3. The second-order valence-electron chi connectivity index (χ2n) is 3.96. The number of hydrogen-bond donors (Lipinski definition) is 0. The van der Waals surface area contributed by atoms with Crippen LogP contribution in [0.4, 0.5) is 8.78 Å². The highest BCUT2D eigenvalue weighted by Crippen LogP contribution is 2.38. The average Bonchev–Trinajstić information content (AvgIpc) is 2.66. The Morgan fingerprint density at radius 3 is 2.94 bits per heavy atom. The van der Waals surface area contributed by atoms with E-state index in [1.54, 1.807) is 6.92 Å². The SMILES string of the molecule is CC(CC=O)c1c(F)cc(F)c2c1OCC2. The van der Waals surface area contributed by atoms with Crippen LogP contribution in [0.5, 0.6) is 5.75 Å². The number of hydrogen-bond acceptors (Lipinski definition) is 2. The van der Waals surface area contributed by atoms with Gasteiger partial charge in [0.25, 0.3) is 0 Å². The molecule has 0 saturated carbocycles. The van der Waals surface area contributed by atoms with Gasteiger partial charge in [-0.25, -0.2) is 8.78 Å². The van der Waals surface area contributed by atoms with Gasteiger partial charge in [0.15, 0.2) is 0 Å². The molecule has 1 aromatic carbocycles. The van der Waals surface area contributed by atoms with Gasteiger partial charge in [0.1, 0.15) is 23.7 Å². The molecule has 4 heteroatoms. The fourth-order valence-corrected chi connectivity index (χ4v) is 2.03. The lowest BCUT2D eigenvalue weighted by Gasteiger charge is -2.14. The summed E-state index contributed by atoms with van der Waals surface area (Å²) in [5.41, 5.74) is 0.746. The van der Waals surface area contributed by atoms with Crippen molar-refractivity contribution in [3.63, 3.8) is 0 Å². The van der Waals surface area contributed by atoms with E-state index in [1.807, 2.05) is 0 Å². The fourth-order valence-electron chi connectivity index (χ4n) is 2.03. The van der Waals surface area contributed by atoms with Crippen molar-refractivity contribution < 1.29 is 18.3 Å². The zero-order chi connectivity index (χ0) is 11.7. The number of aldehydes is 1. The van der Waals surface area contributed by atoms with E-state index in [4.69, 9.17) is 4.74 Å². The maximum atomic E-state index is 13.6. The maximum absolute atomic E-state index is 13.6. The highest BCUT2D eigenvalue weighted by molar-refractivity contribution is 5.54. The molecule has 0 aromatic heterocycles. The summed E-state index contributed by atoms with van der Waals surface area (Å²) in [6.45, 7) is 2.10. The van der Waals surface area contributed by atoms with Crippen LogP contribution in [0, 0.1) is 11.6 Å². The Bertz CT molecular complexity index is 430. The number of ether oxygens (including phenoxy) is 1. The van der Waals surface area contributed by atoms with Gasteiger partial charge in [0.05, 0.1) is 6.61 Å². The molecule has 16 heavy (non-hydrogen) atoms. The Morgan fingerprint density at radius 1 is 1.50 bits per heavy atom. The third kappa shape index (κ3) is 1.68. The van der Waals surface area contributed by atoms with E-state index in [2.05, 4.69) is 0 Å². The number of benzene rings is 1. The third-order valence-corrected chi connectivity index (χ3v) is 2.86. The lowest BCUT2D eigenvalue weighted by molar-refractivity contribution is -0.108. The summed E-state index contributed by atoms with van der Waals surface area (Å²) in [5, 5.41) is 0. The van der Waals surface area contributed by atoms with Crippen LogP contribution in [-0.4, -0.2) is 12.9 Å². The minimum atomic E-state index is -0.632. The van der Waals surface area contributed by atoms with E-state index in [-0.39, 0.29) is 12.3 Å². The van der Waals surface area contributed by atoms with Crippen molar-refractivity contribution in [1.82, 2.24) is 0 Å². The molecule has 1 aliphatic rings. The van der Waals surface area contributed by atoms with Gasteiger partial charge in [-0.05, 0) is 5.92 Å². The highest BCUT2D eigenvalue weighted by atomic mass is 19.1. The topological polar surface area (TPSA) is 26.3 Å². The second kappa shape index (κ2) is 4.20. The molecule has 0 fully saturated rings. The van der Waals surface area contributed by atoms with E-state index < -0.39 is 11.6 Å². The average molecular weight is 226 g/mol. The summed E-state index contributed by atoms with van der Waals surface area (Å²) in [4.78, 5) is 10.4. The van der Waals surface area contributed by atoms with E-state index in [0.717, 1.165) is 12.4 Å². The predicted octanol–water partition coefficient (Wildman–Crippen LogP) is 2.59. The summed E-state index contributed by atoms with van der Waals surface area (Å²) in [6, 6.07) is 0.879. The van der Waals surface area contributed by atoms with E-state index in [9.17, 15) is 13.6 Å². The molecule has 1 atom stereocenters. The lowest BCUT2D eigenvalue weighted by atomic mass is 9.94. The van der Waals surface area contributed by atoms with Gasteiger partial charge in [-0.1, -0.05) is 6.92 Å². The van der Waals surface area contributed by atoms with Gasteiger partial charge < -0.3 is 9.53 Å². The van der Waals surface area contributed by atoms with E-state index >= 15 is 0 Å². The van der Waals surface area contributed by atoms with Crippen LogP contribution in [0.15, 0.2) is 6.07 Å². The smallest absolute Gasteiger partial charge is 0.133 e. The number of fused-ring (bicyclic) bond motifs is 1. The van der Waals surface area contributed by atoms with Crippen LogP contribution in [0.1, 0.15) is 30.4 Å². The van der Waals surface area contributed by atoms with Crippen molar-refractivity contribution in [2.75, 3.05) is 6.61 Å². The quantitative estimate of drug-likeness (QED) is 0.740. The number of carbonyl (C=O) groups excluding carboxylic acids is 1. The molecule has 0 bridgehead atoms. The van der Waals surface area contributed by atoms with Gasteiger partial charge in [-0.3, -0.25) is 0 Å². The minimum Gasteiger partial charge on any atom is -0.492 e. The molecular formula is C12H12F2O2. The molecule has 1 unspecified atom stereocenters. The highest BCUT2D eigenvalue weighted by Gasteiger charge is 2.26. The summed E-state index contributed by atoms with van der Waals surface area (Å²) >= 11 is 0. The second-order valence-corrected chi connectivity index (χ2v) is 3.96. The predicted molar refractivity (Wildman–Crippen MR) is 54.7 cm³/mol. The number of carbonyl (C=O) groups is 1. The largest absolute Gasteiger partial charge is 0.492 e. The molecule has 1 aromatic rings. The Morgan fingerprint density at radius 2 is 2.25 bits per heavy atom. The molecule has 0 radical (unpaired) electrons. The van der Waals surface area contributed by atoms with Gasteiger partial charge in [0, 0.05) is 30.0 Å². The van der Waals surface area contributed by atoms with Gasteiger partial charge >= 0.3 is 0 Å². The molecule has 2 rings (SSSR count). The molecule has 0 aliphatic carbocycles. The molecule has 0 amide bonds. The van der Waals surface area contributed by atoms with Crippen LogP contribution < -0.4 is 4.74 Å². The Kier molecular flexibility index (Phi) is 2.90. The number of halogens is 2. The normalized spacial score (nSPS) is 15.4. The molecule has 1 heterocycles. The molecule has 2 nitrogen and oxygen atoms in total. The van der Waals surface area contributed by atoms with Crippen molar-refractivity contribution in [3.8, 4) is 5.75 Å². The first kappa shape index (κ1) is 11.0. The molecular weight excluding hydrogens is 214 g/mol. The zero-order valence-electron chi connectivity index (χ0n) is 8.93. The summed E-state index contributed by atoms with van der Waals surface area (Å²) in [6.07, 6.45) is 1.40. The standard InChI is InChI=1S/C12H12F2O2/c1-7(2-4-15)11-10(14)6-9(13)8-3-5-16-12(8)11/h4,6-7H,2-3,5H2,1H3. The van der Waals surface area contributed by atoms with E-state index in [0.29, 0.717) is 29.9 Å². The molecule has 0 saturated heterocycles. The molecule has 0 spiro atoms. The van der Waals surface area contributed by atoms with Gasteiger partial charge in [-0.2, -0.15) is 0 Å². The summed E-state index contributed by atoms with van der Waals surface area (Å²) in [5.74, 6) is -1.18. The molecule has 0 N–H and O–H groups in total. The fraction of sp³-hybridized carbons (Fsp3) is 0.417. The van der Waals surface area contributed by atoms with Gasteiger partial charge in [-0.15, -0.1) is 0 Å². The maximum Gasteiger partial charge on any atom is 0.133 e. The first-order chi connectivity index (χ1) is 7.65. The minimum absolute atomic E-state index is 0.207. The lowest BCUT2D eigenvalue weighted by Crippen LogP contribution is -2.03. The molecule has 86 valence electrons. The summed E-state index contributed by atoms with van der Waals surface area (Å²) in [7, 11) is 0. The molecule has 1 aliphatic heterocycles. The van der Waals surface area contributed by atoms with Crippen molar-refractivity contribution in [2.45, 2.75) is 25.7 Å². The van der Waals surface area contributed by atoms with E-state index in [1.165, 1.54) is 0 Å². The third-order valence-electron chi connectivity index (χ3n) is 2.86. The van der Waals surface area contributed by atoms with Crippen molar-refractivity contribution in [2.24, 2.45) is 0 Å². The van der Waals surface area contributed by atoms with Crippen LogP contribution in [-0.2, 0) is 11.2 Å². The van der Waals surface area contributed by atoms with Crippen LogP contribution >= 0.6 is 0 Å². The van der Waals surface area contributed by atoms with Crippen molar-refractivity contribution in [3.05, 3.63) is 28.8 Å². The van der Waals surface area contributed by atoms with Crippen LogP contribution in [0.25, 0.3) is 0 Å². The van der Waals surface area contributed by atoms with Crippen LogP contribution in [0.3, 0.4) is 0 Å². The first-order valence-corrected chi connectivity index (χ1v) is 5.22. The number of rotatable bonds is 3. The Balaban J connectivity index is 2.52. The Hall–Kier alpha value is -1.45. The van der Waals surface area contributed by atoms with Crippen molar-refractivity contribution in [1.29, 1.82) is 0 Å². The first-order valence-electron chi connectivity index (χ1n) is 5.22.